The van der Waals surface area contributed by atoms with Gasteiger partial charge in [-0.15, -0.1) is 0 Å². The molecule has 0 amide bonds. The van der Waals surface area contributed by atoms with Crippen LogP contribution in [0, 0.1) is 17.1 Å². The van der Waals surface area contributed by atoms with Gasteiger partial charge in [0.25, 0.3) is 0 Å². The predicted octanol–water partition coefficient (Wildman–Crippen LogP) is 1.65. The van der Waals surface area contributed by atoms with Crippen molar-refractivity contribution >= 4 is 0 Å². The molecule has 1 fully saturated rings. The zero-order valence-corrected chi connectivity index (χ0v) is 9.56. The molecule has 4 heteroatoms. The molecule has 1 saturated heterocycles. The van der Waals surface area contributed by atoms with Crippen LogP contribution < -0.4 is 0 Å². The smallest absolute Gasteiger partial charge is 0.129 e. The topological polar surface area (TPSA) is 47.3 Å². The highest BCUT2D eigenvalue weighted by Gasteiger charge is 2.18. The lowest BCUT2D eigenvalue weighted by Gasteiger charge is -2.29. The zero-order valence-electron chi connectivity index (χ0n) is 9.56. The van der Waals surface area contributed by atoms with Crippen LogP contribution in [-0.2, 0) is 6.54 Å². The van der Waals surface area contributed by atoms with Gasteiger partial charge in [-0.2, -0.15) is 5.26 Å². The molecule has 0 unspecified atom stereocenters. The molecule has 1 aliphatic heterocycles. The maximum atomic E-state index is 13.6. The van der Waals surface area contributed by atoms with Crippen molar-refractivity contribution < 1.29 is 9.50 Å². The Morgan fingerprint density at radius 2 is 2.12 bits per heavy atom. The number of benzene rings is 1. The second-order valence-corrected chi connectivity index (χ2v) is 4.43. The van der Waals surface area contributed by atoms with Gasteiger partial charge >= 0.3 is 0 Å². The lowest BCUT2D eigenvalue weighted by Crippen LogP contribution is -2.35. The number of halogens is 1. The molecule has 2 rings (SSSR count). The summed E-state index contributed by atoms with van der Waals surface area (Å²) in [7, 11) is 0. The summed E-state index contributed by atoms with van der Waals surface area (Å²) in [5, 5.41) is 18.0. The first-order chi connectivity index (χ1) is 8.19. The van der Waals surface area contributed by atoms with Crippen molar-refractivity contribution in [1.29, 1.82) is 5.26 Å². The van der Waals surface area contributed by atoms with Gasteiger partial charge in [-0.3, -0.25) is 4.90 Å². The molecule has 90 valence electrons. The van der Waals surface area contributed by atoms with Crippen LogP contribution in [0.5, 0.6) is 0 Å². The number of aliphatic hydroxyl groups excluding tert-OH is 1. The normalized spacial score (nSPS) is 17.9. The van der Waals surface area contributed by atoms with Crippen LogP contribution in [-0.4, -0.2) is 29.2 Å². The van der Waals surface area contributed by atoms with Gasteiger partial charge in [-0.05, 0) is 25.0 Å². The Morgan fingerprint density at radius 1 is 1.41 bits per heavy atom. The van der Waals surface area contributed by atoms with E-state index in [0.717, 1.165) is 25.9 Å². The molecule has 0 spiro atoms. The Bertz CT molecular complexity index is 434. The molecular formula is C13H15FN2O. The average molecular weight is 234 g/mol. The first-order valence-electron chi connectivity index (χ1n) is 5.78. The van der Waals surface area contributed by atoms with Crippen molar-refractivity contribution in [2.24, 2.45) is 0 Å². The molecule has 0 saturated carbocycles. The lowest BCUT2D eigenvalue weighted by molar-refractivity contribution is 0.0787. The molecule has 3 nitrogen and oxygen atoms in total. The van der Waals surface area contributed by atoms with Crippen LogP contribution in [0.2, 0.25) is 0 Å². The third-order valence-electron chi connectivity index (χ3n) is 3.13. The number of hydrogen-bond donors (Lipinski definition) is 1. The fraction of sp³-hybridized carbons (Fsp3) is 0.462. The van der Waals surface area contributed by atoms with Crippen molar-refractivity contribution in [3.63, 3.8) is 0 Å². The van der Waals surface area contributed by atoms with Crippen LogP contribution in [0.25, 0.3) is 0 Å². The van der Waals surface area contributed by atoms with Crippen LogP contribution in [0.1, 0.15) is 24.0 Å². The monoisotopic (exact) mass is 234 g/mol. The molecule has 0 aliphatic carbocycles. The number of nitriles is 1. The van der Waals surface area contributed by atoms with E-state index in [4.69, 9.17) is 5.26 Å². The molecule has 1 aliphatic rings. The Morgan fingerprint density at radius 3 is 2.71 bits per heavy atom. The molecule has 1 N–H and O–H groups in total. The fourth-order valence-corrected chi connectivity index (χ4v) is 2.06. The Balaban J connectivity index is 2.02. The minimum atomic E-state index is -0.324. The van der Waals surface area contributed by atoms with Crippen LogP contribution >= 0.6 is 0 Å². The highest BCUT2D eigenvalue weighted by Crippen LogP contribution is 2.16. The summed E-state index contributed by atoms with van der Waals surface area (Å²) in [5.41, 5.74) is 0.959. The minimum absolute atomic E-state index is 0.211. The summed E-state index contributed by atoms with van der Waals surface area (Å²) in [6.45, 7) is 2.13. The maximum absolute atomic E-state index is 13.6. The van der Waals surface area contributed by atoms with Gasteiger partial charge in [-0.1, -0.05) is 6.07 Å². The quantitative estimate of drug-likeness (QED) is 0.846. The van der Waals surface area contributed by atoms with Gasteiger partial charge in [0.05, 0.1) is 17.7 Å². The Labute approximate surface area is 100 Å². The molecule has 1 aromatic carbocycles. The first kappa shape index (κ1) is 12.0. The number of aliphatic hydroxyl groups is 1. The Hall–Kier alpha value is -1.44. The molecule has 17 heavy (non-hydrogen) atoms. The molecule has 1 aromatic rings. The van der Waals surface area contributed by atoms with E-state index in [2.05, 4.69) is 4.90 Å². The highest BCUT2D eigenvalue weighted by atomic mass is 19.1. The summed E-state index contributed by atoms with van der Waals surface area (Å²) in [6.07, 6.45) is 1.28. The number of hydrogen-bond acceptors (Lipinski definition) is 3. The zero-order chi connectivity index (χ0) is 12.3. The van der Waals surface area contributed by atoms with Gasteiger partial charge in [0.1, 0.15) is 5.82 Å². The van der Waals surface area contributed by atoms with E-state index in [1.165, 1.54) is 6.07 Å². The predicted molar refractivity (Wildman–Crippen MR) is 61.6 cm³/mol. The lowest BCUT2D eigenvalue weighted by atomic mass is 10.1. The molecule has 1 heterocycles. The molecule has 0 atom stereocenters. The van der Waals surface area contributed by atoms with E-state index in [9.17, 15) is 9.50 Å². The van der Waals surface area contributed by atoms with E-state index in [1.54, 1.807) is 12.1 Å². The fourth-order valence-electron chi connectivity index (χ4n) is 2.06. The van der Waals surface area contributed by atoms with Crippen LogP contribution in [0.15, 0.2) is 18.2 Å². The standard InChI is InChI=1S/C13H15FN2O/c14-13-7-10(8-15)1-2-11(13)9-16-5-3-12(17)4-6-16/h1-2,7,12,17H,3-6,9H2. The van der Waals surface area contributed by atoms with Crippen molar-refractivity contribution in [1.82, 2.24) is 4.90 Å². The van der Waals surface area contributed by atoms with E-state index in [-0.39, 0.29) is 11.9 Å². The summed E-state index contributed by atoms with van der Waals surface area (Å²) in [5.74, 6) is -0.324. The van der Waals surface area contributed by atoms with Gasteiger partial charge < -0.3 is 5.11 Å². The Kier molecular flexibility index (Phi) is 3.72. The second-order valence-electron chi connectivity index (χ2n) is 4.43. The SMILES string of the molecule is N#Cc1ccc(CN2CCC(O)CC2)c(F)c1. The highest BCUT2D eigenvalue weighted by molar-refractivity contribution is 5.32. The summed E-state index contributed by atoms with van der Waals surface area (Å²) < 4.78 is 13.6. The van der Waals surface area contributed by atoms with Gasteiger partial charge in [0, 0.05) is 25.2 Å². The third kappa shape index (κ3) is 3.02. The van der Waals surface area contributed by atoms with Crippen molar-refractivity contribution in [3.05, 3.63) is 35.1 Å². The van der Waals surface area contributed by atoms with Crippen LogP contribution in [0.4, 0.5) is 4.39 Å². The van der Waals surface area contributed by atoms with E-state index in [0.29, 0.717) is 17.7 Å². The van der Waals surface area contributed by atoms with E-state index < -0.39 is 0 Å². The molecule has 0 bridgehead atoms. The molecule has 0 aromatic heterocycles. The minimum Gasteiger partial charge on any atom is -0.393 e. The second kappa shape index (κ2) is 5.26. The number of likely N-dealkylation sites (tertiary alicyclic amines) is 1. The number of piperidine rings is 1. The van der Waals surface area contributed by atoms with Gasteiger partial charge in [0.15, 0.2) is 0 Å². The van der Waals surface area contributed by atoms with Crippen molar-refractivity contribution in [2.75, 3.05) is 13.1 Å². The maximum Gasteiger partial charge on any atom is 0.129 e. The van der Waals surface area contributed by atoms with E-state index in [1.807, 2.05) is 6.07 Å². The van der Waals surface area contributed by atoms with Gasteiger partial charge in [-0.25, -0.2) is 4.39 Å². The molecule has 0 radical (unpaired) electrons. The molecular weight excluding hydrogens is 219 g/mol. The largest absolute Gasteiger partial charge is 0.393 e. The first-order valence-corrected chi connectivity index (χ1v) is 5.78. The van der Waals surface area contributed by atoms with Crippen LogP contribution in [0.3, 0.4) is 0 Å². The average Bonchev–Trinajstić information content (AvgIpc) is 2.34. The summed E-state index contributed by atoms with van der Waals surface area (Å²) >= 11 is 0. The summed E-state index contributed by atoms with van der Waals surface area (Å²) in [4.78, 5) is 2.12. The van der Waals surface area contributed by atoms with Crippen molar-refractivity contribution in [2.45, 2.75) is 25.5 Å². The van der Waals surface area contributed by atoms with Crippen molar-refractivity contribution in [3.8, 4) is 6.07 Å². The summed E-state index contributed by atoms with van der Waals surface area (Å²) in [6, 6.07) is 6.49. The van der Waals surface area contributed by atoms with E-state index >= 15 is 0 Å². The third-order valence-corrected chi connectivity index (χ3v) is 3.13. The van der Waals surface area contributed by atoms with Gasteiger partial charge in [0.2, 0.25) is 0 Å². The number of rotatable bonds is 2. The number of nitrogens with zero attached hydrogens (tertiary/aromatic N) is 2.